The number of aromatic nitrogens is 6. The molecule has 1 aliphatic heterocycles. The number of rotatable bonds is 7. The van der Waals surface area contributed by atoms with Crippen molar-refractivity contribution in [2.24, 2.45) is 0 Å². The molecule has 1 aliphatic rings. The van der Waals surface area contributed by atoms with Crippen molar-refractivity contribution in [1.29, 1.82) is 0 Å². The van der Waals surface area contributed by atoms with Gasteiger partial charge in [-0.2, -0.15) is 4.52 Å². The van der Waals surface area contributed by atoms with Crippen LogP contribution in [0.25, 0.3) is 17.2 Å². The maximum Gasteiger partial charge on any atom is 0.275 e. The molecule has 11 heteroatoms. The number of hydrogen-bond donors (Lipinski definition) is 0. The average Bonchev–Trinajstić information content (AvgIpc) is 3.34. The van der Waals surface area contributed by atoms with E-state index in [1.54, 1.807) is 25.3 Å². The Morgan fingerprint density at radius 3 is 2.77 bits per heavy atom. The number of aryl methyl sites for hydroxylation is 1. The zero-order chi connectivity index (χ0) is 20.5. The summed E-state index contributed by atoms with van der Waals surface area (Å²) in [5.74, 6) is 2.51. The van der Waals surface area contributed by atoms with Gasteiger partial charge in [0.1, 0.15) is 24.2 Å². The third-order valence-electron chi connectivity index (χ3n) is 4.47. The summed E-state index contributed by atoms with van der Waals surface area (Å²) in [5, 5.41) is 16.7. The minimum absolute atomic E-state index is 0.0978. The molecule has 0 bridgehead atoms. The zero-order valence-corrected chi connectivity index (χ0v) is 16.3. The van der Waals surface area contributed by atoms with Crippen LogP contribution >= 0.6 is 0 Å². The van der Waals surface area contributed by atoms with Crippen LogP contribution in [0.1, 0.15) is 11.5 Å². The smallest absolute Gasteiger partial charge is 0.275 e. The van der Waals surface area contributed by atoms with Gasteiger partial charge in [0, 0.05) is 12.1 Å². The molecule has 0 amide bonds. The molecule has 30 heavy (non-hydrogen) atoms. The second-order valence-corrected chi connectivity index (χ2v) is 6.69. The summed E-state index contributed by atoms with van der Waals surface area (Å²) in [4.78, 5) is 4.37. The fourth-order valence-electron chi connectivity index (χ4n) is 2.86. The Morgan fingerprint density at radius 1 is 1.20 bits per heavy atom. The van der Waals surface area contributed by atoms with Crippen LogP contribution in [0.2, 0.25) is 0 Å². The standard InChI is InChI=1S/C19H18N6O5/c1-11-5-15(24-30-11)18-22-21-17-6-16(26-2)19(23-25(17)18)28-8-12-3-4-13(7-20-12)29-14-9-27-10-14/h3-7,14H,8-10H2,1-2H3. The summed E-state index contributed by atoms with van der Waals surface area (Å²) in [7, 11) is 1.53. The van der Waals surface area contributed by atoms with Crippen molar-refractivity contribution in [2.75, 3.05) is 20.3 Å². The predicted octanol–water partition coefficient (Wildman–Crippen LogP) is 1.85. The van der Waals surface area contributed by atoms with Crippen molar-refractivity contribution in [2.45, 2.75) is 19.6 Å². The molecular weight excluding hydrogens is 392 g/mol. The Bertz CT molecular complexity index is 1170. The first-order chi connectivity index (χ1) is 14.7. The highest BCUT2D eigenvalue weighted by Crippen LogP contribution is 2.28. The summed E-state index contributed by atoms with van der Waals surface area (Å²) < 4.78 is 28.7. The molecular formula is C19H18N6O5. The summed E-state index contributed by atoms with van der Waals surface area (Å²) in [6.45, 7) is 3.21. The number of nitrogens with zero attached hydrogens (tertiary/aromatic N) is 6. The van der Waals surface area contributed by atoms with Gasteiger partial charge in [0.2, 0.25) is 5.82 Å². The molecule has 4 aromatic rings. The second-order valence-electron chi connectivity index (χ2n) is 6.69. The van der Waals surface area contributed by atoms with Crippen LogP contribution in [0.3, 0.4) is 0 Å². The number of methoxy groups -OCH3 is 1. The van der Waals surface area contributed by atoms with Crippen molar-refractivity contribution >= 4 is 5.65 Å². The summed E-state index contributed by atoms with van der Waals surface area (Å²) in [6, 6.07) is 7.13. The van der Waals surface area contributed by atoms with Gasteiger partial charge in [0.15, 0.2) is 17.1 Å². The van der Waals surface area contributed by atoms with Gasteiger partial charge >= 0.3 is 0 Å². The first-order valence-corrected chi connectivity index (χ1v) is 9.26. The van der Waals surface area contributed by atoms with Crippen molar-refractivity contribution in [3.05, 3.63) is 41.9 Å². The summed E-state index contributed by atoms with van der Waals surface area (Å²) in [5.41, 5.74) is 1.74. The lowest BCUT2D eigenvalue weighted by Crippen LogP contribution is -2.38. The summed E-state index contributed by atoms with van der Waals surface area (Å²) in [6.07, 6.45) is 1.76. The van der Waals surface area contributed by atoms with E-state index in [2.05, 4.69) is 25.4 Å². The topological polar surface area (TPSA) is 119 Å². The van der Waals surface area contributed by atoms with E-state index in [4.69, 9.17) is 23.5 Å². The van der Waals surface area contributed by atoms with Crippen molar-refractivity contribution in [3.63, 3.8) is 0 Å². The second kappa shape index (κ2) is 7.59. The summed E-state index contributed by atoms with van der Waals surface area (Å²) >= 11 is 0. The van der Waals surface area contributed by atoms with Crippen LogP contribution < -0.4 is 14.2 Å². The maximum absolute atomic E-state index is 5.86. The zero-order valence-electron chi connectivity index (χ0n) is 16.3. The molecule has 0 saturated carbocycles. The number of hydrogen-bond acceptors (Lipinski definition) is 10. The molecule has 1 saturated heterocycles. The first kappa shape index (κ1) is 18.3. The molecule has 0 unspecified atom stereocenters. The lowest BCUT2D eigenvalue weighted by atomic mass is 10.3. The predicted molar refractivity (Wildman–Crippen MR) is 101 cm³/mol. The quantitative estimate of drug-likeness (QED) is 0.446. The highest BCUT2D eigenvalue weighted by Gasteiger charge is 2.20. The van der Waals surface area contributed by atoms with Gasteiger partial charge in [0.25, 0.3) is 5.88 Å². The molecule has 0 aliphatic carbocycles. The molecule has 1 fully saturated rings. The molecule has 0 spiro atoms. The molecule has 5 heterocycles. The van der Waals surface area contributed by atoms with Gasteiger partial charge in [-0.25, -0.2) is 0 Å². The van der Waals surface area contributed by atoms with E-state index in [1.165, 1.54) is 11.6 Å². The highest BCUT2D eigenvalue weighted by atomic mass is 16.6. The van der Waals surface area contributed by atoms with Crippen LogP contribution in [-0.4, -0.2) is 56.4 Å². The van der Waals surface area contributed by atoms with Crippen LogP contribution in [0.15, 0.2) is 35.0 Å². The van der Waals surface area contributed by atoms with E-state index >= 15 is 0 Å². The number of pyridine rings is 1. The van der Waals surface area contributed by atoms with E-state index < -0.39 is 0 Å². The third kappa shape index (κ3) is 3.50. The largest absolute Gasteiger partial charge is 0.491 e. The van der Waals surface area contributed by atoms with Crippen LogP contribution in [0, 0.1) is 6.92 Å². The van der Waals surface area contributed by atoms with E-state index in [1.807, 2.05) is 12.1 Å². The fraction of sp³-hybridized carbons (Fsp3) is 0.316. The molecule has 0 aromatic carbocycles. The Morgan fingerprint density at radius 2 is 2.10 bits per heavy atom. The lowest BCUT2D eigenvalue weighted by Gasteiger charge is -2.26. The van der Waals surface area contributed by atoms with Gasteiger partial charge in [0.05, 0.1) is 32.2 Å². The Balaban J connectivity index is 1.36. The molecule has 0 atom stereocenters. The average molecular weight is 410 g/mol. The van der Waals surface area contributed by atoms with Gasteiger partial charge in [-0.05, 0) is 19.1 Å². The number of fused-ring (bicyclic) bond motifs is 1. The normalized spacial score (nSPS) is 13.9. The van der Waals surface area contributed by atoms with Gasteiger partial charge in [-0.1, -0.05) is 5.16 Å². The van der Waals surface area contributed by atoms with E-state index in [0.717, 1.165) is 0 Å². The molecule has 4 aromatic heterocycles. The highest BCUT2D eigenvalue weighted by molar-refractivity contribution is 5.56. The minimum Gasteiger partial charge on any atom is -0.491 e. The lowest BCUT2D eigenvalue weighted by molar-refractivity contribution is -0.0798. The van der Waals surface area contributed by atoms with Crippen molar-refractivity contribution < 1.29 is 23.5 Å². The molecule has 154 valence electrons. The van der Waals surface area contributed by atoms with Crippen LogP contribution in [-0.2, 0) is 11.3 Å². The van der Waals surface area contributed by atoms with Gasteiger partial charge < -0.3 is 23.5 Å². The Hall–Kier alpha value is -3.73. The van der Waals surface area contributed by atoms with Gasteiger partial charge in [-0.3, -0.25) is 4.98 Å². The van der Waals surface area contributed by atoms with Crippen LogP contribution in [0.5, 0.6) is 17.4 Å². The minimum atomic E-state index is 0.0978. The van der Waals surface area contributed by atoms with Crippen molar-refractivity contribution in [3.8, 4) is 28.9 Å². The Kier molecular flexibility index (Phi) is 4.64. The third-order valence-corrected chi connectivity index (χ3v) is 4.47. The van der Waals surface area contributed by atoms with Crippen molar-refractivity contribution in [1.82, 2.24) is 30.0 Å². The Labute approximate surface area is 170 Å². The molecule has 0 radical (unpaired) electrons. The number of ether oxygens (including phenoxy) is 4. The molecule has 0 N–H and O–H groups in total. The molecule has 11 nitrogen and oxygen atoms in total. The van der Waals surface area contributed by atoms with Gasteiger partial charge in [-0.15, -0.1) is 15.3 Å². The van der Waals surface area contributed by atoms with E-state index in [-0.39, 0.29) is 18.6 Å². The molecule has 5 rings (SSSR count). The maximum atomic E-state index is 5.86. The SMILES string of the molecule is COc1cc2nnc(-c3cc(C)on3)n2nc1OCc1ccc(OC2COC2)cn1. The fourth-order valence-corrected chi connectivity index (χ4v) is 2.86. The van der Waals surface area contributed by atoms with E-state index in [0.29, 0.717) is 53.3 Å². The van der Waals surface area contributed by atoms with E-state index in [9.17, 15) is 0 Å². The van der Waals surface area contributed by atoms with Crippen LogP contribution in [0.4, 0.5) is 0 Å². The first-order valence-electron chi connectivity index (χ1n) is 9.26. The monoisotopic (exact) mass is 410 g/mol.